The van der Waals surface area contributed by atoms with Gasteiger partial charge in [0.1, 0.15) is 0 Å². The lowest BCUT2D eigenvalue weighted by Crippen LogP contribution is -2.41. The lowest BCUT2D eigenvalue weighted by molar-refractivity contribution is 0.0299. The van der Waals surface area contributed by atoms with Gasteiger partial charge in [-0.25, -0.2) is 0 Å². The molecule has 0 bridgehead atoms. The van der Waals surface area contributed by atoms with Gasteiger partial charge in [-0.05, 0) is 17.7 Å². The van der Waals surface area contributed by atoms with Crippen LogP contribution in [0.25, 0.3) is 27.4 Å². The quantitative estimate of drug-likeness (QED) is 0.498. The predicted octanol–water partition coefficient (Wildman–Crippen LogP) is 2.99. The summed E-state index contributed by atoms with van der Waals surface area (Å²) in [6.07, 6.45) is 0. The van der Waals surface area contributed by atoms with Crippen LogP contribution in [0.2, 0.25) is 0 Å². The van der Waals surface area contributed by atoms with Crippen molar-refractivity contribution in [1.82, 2.24) is 14.5 Å². The van der Waals surface area contributed by atoms with Crippen molar-refractivity contribution in [2.45, 2.75) is 0 Å². The SMILES string of the molecule is O=C(c1nn2c(=O)c(-c3ccccc3)ccc2c2ccccc12)N1CCOCC1. The third kappa shape index (κ3) is 2.98. The molecule has 0 N–H and O–H groups in total. The van der Waals surface area contributed by atoms with E-state index in [0.717, 1.165) is 16.3 Å². The summed E-state index contributed by atoms with van der Waals surface area (Å²) in [6, 6.07) is 20.8. The summed E-state index contributed by atoms with van der Waals surface area (Å²) in [5, 5.41) is 6.11. The predicted molar refractivity (Wildman–Crippen MR) is 111 cm³/mol. The molecule has 0 atom stereocenters. The molecule has 2 aromatic carbocycles. The number of carbonyl (C=O) groups excluding carboxylic acids is 1. The fourth-order valence-electron chi connectivity index (χ4n) is 3.81. The minimum Gasteiger partial charge on any atom is -0.378 e. The fourth-order valence-corrected chi connectivity index (χ4v) is 3.81. The van der Waals surface area contributed by atoms with E-state index < -0.39 is 0 Å². The van der Waals surface area contributed by atoms with Crippen molar-refractivity contribution in [2.24, 2.45) is 0 Å². The molecule has 5 rings (SSSR count). The molecule has 6 nitrogen and oxygen atoms in total. The topological polar surface area (TPSA) is 63.9 Å². The van der Waals surface area contributed by atoms with Crippen molar-refractivity contribution in [1.29, 1.82) is 0 Å². The van der Waals surface area contributed by atoms with Crippen LogP contribution in [0.3, 0.4) is 0 Å². The molecular weight excluding hydrogens is 366 g/mol. The Morgan fingerprint density at radius 2 is 1.55 bits per heavy atom. The lowest BCUT2D eigenvalue weighted by Gasteiger charge is -2.27. The molecule has 1 aliphatic heterocycles. The first kappa shape index (κ1) is 17.6. The normalized spacial score (nSPS) is 14.4. The van der Waals surface area contributed by atoms with Crippen LogP contribution in [-0.4, -0.2) is 46.7 Å². The van der Waals surface area contributed by atoms with Gasteiger partial charge in [-0.15, -0.1) is 0 Å². The summed E-state index contributed by atoms with van der Waals surface area (Å²) in [5.74, 6) is -0.177. The molecule has 1 amide bonds. The van der Waals surface area contributed by atoms with Gasteiger partial charge in [0.05, 0.1) is 18.7 Å². The molecular formula is C23H19N3O3. The van der Waals surface area contributed by atoms with Gasteiger partial charge in [0.15, 0.2) is 5.69 Å². The van der Waals surface area contributed by atoms with E-state index in [2.05, 4.69) is 5.10 Å². The molecule has 29 heavy (non-hydrogen) atoms. The van der Waals surface area contributed by atoms with E-state index in [1.807, 2.05) is 66.7 Å². The standard InChI is InChI=1S/C23H19N3O3/c27-22-17(16-6-2-1-3-7-16)10-11-20-18-8-4-5-9-19(18)21(24-26(20)22)23(28)25-12-14-29-15-13-25/h1-11H,12-15H2. The zero-order valence-electron chi connectivity index (χ0n) is 15.7. The van der Waals surface area contributed by atoms with Crippen molar-refractivity contribution >= 4 is 22.2 Å². The number of rotatable bonds is 2. The van der Waals surface area contributed by atoms with Crippen LogP contribution < -0.4 is 5.56 Å². The Morgan fingerprint density at radius 3 is 2.31 bits per heavy atom. The number of hydrogen-bond donors (Lipinski definition) is 0. The maximum Gasteiger partial charge on any atom is 0.279 e. The third-order valence-corrected chi connectivity index (χ3v) is 5.30. The number of nitrogens with zero attached hydrogens (tertiary/aromatic N) is 3. The van der Waals surface area contributed by atoms with Crippen LogP contribution in [0.1, 0.15) is 10.5 Å². The van der Waals surface area contributed by atoms with Gasteiger partial charge in [-0.2, -0.15) is 9.61 Å². The molecule has 144 valence electrons. The summed E-state index contributed by atoms with van der Waals surface area (Å²) in [4.78, 5) is 28.2. The number of hydrogen-bond acceptors (Lipinski definition) is 4. The second-order valence-corrected chi connectivity index (χ2v) is 7.01. The van der Waals surface area contributed by atoms with E-state index in [1.54, 1.807) is 4.90 Å². The zero-order chi connectivity index (χ0) is 19.8. The molecule has 2 aromatic heterocycles. The molecule has 0 radical (unpaired) electrons. The van der Waals surface area contributed by atoms with Gasteiger partial charge < -0.3 is 9.64 Å². The monoisotopic (exact) mass is 385 g/mol. The zero-order valence-corrected chi connectivity index (χ0v) is 15.7. The molecule has 3 heterocycles. The molecule has 1 saturated heterocycles. The minimum atomic E-state index is -0.240. The molecule has 0 spiro atoms. The van der Waals surface area contributed by atoms with Crippen molar-refractivity contribution in [3.05, 3.63) is 82.8 Å². The second-order valence-electron chi connectivity index (χ2n) is 7.01. The number of morpholine rings is 1. The van der Waals surface area contributed by atoms with Crippen LogP contribution in [0.5, 0.6) is 0 Å². The Morgan fingerprint density at radius 1 is 0.862 bits per heavy atom. The van der Waals surface area contributed by atoms with E-state index in [-0.39, 0.29) is 11.5 Å². The number of amides is 1. The van der Waals surface area contributed by atoms with Crippen LogP contribution >= 0.6 is 0 Å². The van der Waals surface area contributed by atoms with Crippen molar-refractivity contribution < 1.29 is 9.53 Å². The lowest BCUT2D eigenvalue weighted by atomic mass is 10.0. The van der Waals surface area contributed by atoms with Crippen LogP contribution in [0, 0.1) is 0 Å². The van der Waals surface area contributed by atoms with Crippen molar-refractivity contribution in [3.8, 4) is 11.1 Å². The van der Waals surface area contributed by atoms with E-state index in [0.29, 0.717) is 43.1 Å². The van der Waals surface area contributed by atoms with Crippen LogP contribution in [-0.2, 0) is 4.74 Å². The minimum absolute atomic E-state index is 0.177. The van der Waals surface area contributed by atoms with Gasteiger partial charge in [0, 0.05) is 29.4 Å². The van der Waals surface area contributed by atoms with Crippen LogP contribution in [0.4, 0.5) is 0 Å². The second kappa shape index (κ2) is 7.14. The maximum absolute atomic E-state index is 13.3. The Hall–Kier alpha value is -3.51. The molecule has 1 aliphatic rings. The summed E-state index contributed by atoms with van der Waals surface area (Å²) >= 11 is 0. The van der Waals surface area contributed by atoms with Gasteiger partial charge in [0.2, 0.25) is 0 Å². The number of pyridine rings is 1. The largest absolute Gasteiger partial charge is 0.378 e. The number of carbonyl (C=O) groups is 1. The molecule has 0 saturated carbocycles. The molecule has 4 aromatic rings. The maximum atomic E-state index is 13.3. The van der Waals surface area contributed by atoms with E-state index in [1.165, 1.54) is 4.52 Å². The number of aromatic nitrogens is 2. The van der Waals surface area contributed by atoms with Gasteiger partial charge in [-0.1, -0.05) is 54.6 Å². The van der Waals surface area contributed by atoms with Crippen LogP contribution in [0.15, 0.2) is 71.5 Å². The fraction of sp³-hybridized carbons (Fsp3) is 0.174. The Labute approximate surface area is 167 Å². The third-order valence-electron chi connectivity index (χ3n) is 5.30. The molecule has 6 heteroatoms. The smallest absolute Gasteiger partial charge is 0.279 e. The summed E-state index contributed by atoms with van der Waals surface area (Å²) in [6.45, 7) is 2.06. The summed E-state index contributed by atoms with van der Waals surface area (Å²) in [7, 11) is 0. The van der Waals surface area contributed by atoms with E-state index in [9.17, 15) is 9.59 Å². The highest BCUT2D eigenvalue weighted by molar-refractivity contribution is 6.09. The first-order chi connectivity index (χ1) is 14.2. The molecule has 0 aliphatic carbocycles. The highest BCUT2D eigenvalue weighted by atomic mass is 16.5. The van der Waals surface area contributed by atoms with Gasteiger partial charge >= 0.3 is 0 Å². The van der Waals surface area contributed by atoms with E-state index >= 15 is 0 Å². The number of fused-ring (bicyclic) bond motifs is 3. The highest BCUT2D eigenvalue weighted by Crippen LogP contribution is 2.24. The van der Waals surface area contributed by atoms with Gasteiger partial charge in [0.25, 0.3) is 11.5 Å². The highest BCUT2D eigenvalue weighted by Gasteiger charge is 2.23. The Kier molecular flexibility index (Phi) is 4.33. The number of ether oxygens (including phenoxy) is 1. The van der Waals surface area contributed by atoms with Crippen molar-refractivity contribution in [2.75, 3.05) is 26.3 Å². The first-order valence-corrected chi connectivity index (χ1v) is 9.61. The average molecular weight is 385 g/mol. The van der Waals surface area contributed by atoms with Crippen molar-refractivity contribution in [3.63, 3.8) is 0 Å². The molecule has 1 fully saturated rings. The molecule has 0 unspecified atom stereocenters. The first-order valence-electron chi connectivity index (χ1n) is 9.61. The summed E-state index contributed by atoms with van der Waals surface area (Å²) in [5.41, 5.74) is 2.11. The Bertz CT molecular complexity index is 1280. The summed E-state index contributed by atoms with van der Waals surface area (Å²) < 4.78 is 6.72. The number of benzene rings is 2. The van der Waals surface area contributed by atoms with E-state index in [4.69, 9.17) is 4.74 Å². The average Bonchev–Trinajstić information content (AvgIpc) is 2.79. The van der Waals surface area contributed by atoms with Gasteiger partial charge in [-0.3, -0.25) is 9.59 Å². The Balaban J connectivity index is 1.77.